The Hall–Kier alpha value is -2.88. The van der Waals surface area contributed by atoms with Crippen molar-refractivity contribution in [1.29, 1.82) is 0 Å². The van der Waals surface area contributed by atoms with Crippen molar-refractivity contribution in [2.75, 3.05) is 26.3 Å². The number of hydrogen-bond donors (Lipinski definition) is 0. The number of nitrogens with zero attached hydrogens (tertiary/aromatic N) is 6. The minimum Gasteiger partial charge on any atom is -0.379 e. The molecule has 0 bridgehead atoms. The maximum absolute atomic E-state index is 11.3. The zero-order valence-corrected chi connectivity index (χ0v) is 15.6. The lowest BCUT2D eigenvalue weighted by Crippen LogP contribution is -2.40. The number of halogens is 1. The Morgan fingerprint density at radius 3 is 2.68 bits per heavy atom. The van der Waals surface area contributed by atoms with Crippen LogP contribution in [0, 0.1) is 10.1 Å². The average molecular weight is 401 g/mol. The fourth-order valence-electron chi connectivity index (χ4n) is 3.32. The quantitative estimate of drug-likeness (QED) is 0.479. The van der Waals surface area contributed by atoms with E-state index in [0.29, 0.717) is 37.2 Å². The summed E-state index contributed by atoms with van der Waals surface area (Å²) in [5.74, 6) is 0.560. The van der Waals surface area contributed by atoms with Crippen LogP contribution in [0.3, 0.4) is 0 Å². The van der Waals surface area contributed by atoms with E-state index >= 15 is 0 Å². The first-order valence-corrected chi connectivity index (χ1v) is 9.11. The van der Waals surface area contributed by atoms with Crippen molar-refractivity contribution in [3.63, 3.8) is 0 Å². The van der Waals surface area contributed by atoms with E-state index in [1.807, 2.05) is 18.2 Å². The summed E-state index contributed by atoms with van der Waals surface area (Å²) in [5, 5.41) is 24.1. The van der Waals surface area contributed by atoms with E-state index < -0.39 is 4.92 Å². The number of aromatic nitrogens is 4. The lowest BCUT2D eigenvalue weighted by molar-refractivity contribution is -0.384. The molecular weight excluding hydrogens is 384 g/mol. The molecule has 1 fully saturated rings. The van der Waals surface area contributed by atoms with Gasteiger partial charge in [-0.15, -0.1) is 5.10 Å². The summed E-state index contributed by atoms with van der Waals surface area (Å²) in [4.78, 5) is 13.0. The van der Waals surface area contributed by atoms with Crippen LogP contribution < -0.4 is 0 Å². The first kappa shape index (κ1) is 18.5. The molecule has 1 aliphatic heterocycles. The van der Waals surface area contributed by atoms with E-state index in [1.165, 1.54) is 6.07 Å². The molecule has 3 aromatic rings. The molecule has 1 atom stereocenters. The summed E-state index contributed by atoms with van der Waals surface area (Å²) < 4.78 is 7.09. The van der Waals surface area contributed by atoms with Gasteiger partial charge in [-0.25, -0.2) is 0 Å². The largest absolute Gasteiger partial charge is 0.379 e. The predicted octanol–water partition coefficient (Wildman–Crippen LogP) is 2.65. The van der Waals surface area contributed by atoms with Crippen LogP contribution in [0.1, 0.15) is 17.4 Å². The molecule has 10 heteroatoms. The number of morpholine rings is 1. The van der Waals surface area contributed by atoms with Crippen molar-refractivity contribution in [3.8, 4) is 5.69 Å². The molecular formula is C18H17ClN6O3. The Morgan fingerprint density at radius 2 is 1.93 bits per heavy atom. The highest BCUT2D eigenvalue weighted by molar-refractivity contribution is 6.30. The standard InChI is InChI=1S/C18H17ClN6O3/c19-14-4-2-5-15(12-14)24-18(20-21-22-24)17(23-7-9-28-10-8-23)13-3-1-6-16(11-13)25(26)27/h1-6,11-12,17H,7-10H2/t17-/m1/s1. The fourth-order valence-corrected chi connectivity index (χ4v) is 3.51. The molecule has 2 heterocycles. The molecule has 1 aliphatic rings. The SMILES string of the molecule is O=[N+]([O-])c1cccc([C@H](c2nnnn2-c2cccc(Cl)c2)N2CCOCC2)c1. The third-order valence-corrected chi connectivity index (χ3v) is 4.83. The van der Waals surface area contributed by atoms with Crippen molar-refractivity contribution in [3.05, 3.63) is 75.1 Å². The first-order valence-electron chi connectivity index (χ1n) is 8.74. The first-order chi connectivity index (χ1) is 13.6. The van der Waals surface area contributed by atoms with Gasteiger partial charge in [-0.2, -0.15) is 4.68 Å². The van der Waals surface area contributed by atoms with Crippen molar-refractivity contribution in [2.24, 2.45) is 0 Å². The number of non-ortho nitro benzene ring substituents is 1. The van der Waals surface area contributed by atoms with Crippen molar-refractivity contribution in [1.82, 2.24) is 25.1 Å². The molecule has 0 radical (unpaired) electrons. The Bertz CT molecular complexity index is 989. The van der Waals surface area contributed by atoms with Gasteiger partial charge in [-0.1, -0.05) is 29.8 Å². The molecule has 0 unspecified atom stereocenters. The molecule has 144 valence electrons. The van der Waals surface area contributed by atoms with Gasteiger partial charge in [0.05, 0.1) is 29.9 Å². The second-order valence-electron chi connectivity index (χ2n) is 6.33. The number of rotatable bonds is 5. The van der Waals surface area contributed by atoms with Crippen LogP contribution in [-0.2, 0) is 4.74 Å². The minimum atomic E-state index is -0.403. The highest BCUT2D eigenvalue weighted by atomic mass is 35.5. The van der Waals surface area contributed by atoms with Gasteiger partial charge in [0.15, 0.2) is 5.82 Å². The van der Waals surface area contributed by atoms with Crippen molar-refractivity contribution < 1.29 is 9.66 Å². The number of hydrogen-bond acceptors (Lipinski definition) is 7. The molecule has 0 N–H and O–H groups in total. The van der Waals surface area contributed by atoms with Crippen LogP contribution in [0.2, 0.25) is 5.02 Å². The summed E-state index contributed by atoms with van der Waals surface area (Å²) >= 11 is 6.13. The Kier molecular flexibility index (Phi) is 5.29. The lowest BCUT2D eigenvalue weighted by Gasteiger charge is -2.33. The number of benzene rings is 2. The van der Waals surface area contributed by atoms with E-state index in [2.05, 4.69) is 20.4 Å². The molecule has 9 nitrogen and oxygen atoms in total. The second-order valence-corrected chi connectivity index (χ2v) is 6.77. The van der Waals surface area contributed by atoms with Gasteiger partial charge in [0.2, 0.25) is 0 Å². The molecule has 0 amide bonds. The zero-order chi connectivity index (χ0) is 19.5. The summed E-state index contributed by atoms with van der Waals surface area (Å²) in [6.07, 6.45) is 0. The van der Waals surface area contributed by atoms with Crippen LogP contribution in [0.15, 0.2) is 48.5 Å². The smallest absolute Gasteiger partial charge is 0.269 e. The third kappa shape index (κ3) is 3.72. The molecule has 1 aromatic heterocycles. The van der Waals surface area contributed by atoms with Crippen LogP contribution in [0.25, 0.3) is 5.69 Å². The Labute approximate surface area is 165 Å². The summed E-state index contributed by atoms with van der Waals surface area (Å²) in [6, 6.07) is 13.4. The van der Waals surface area contributed by atoms with Crippen LogP contribution >= 0.6 is 11.6 Å². The topological polar surface area (TPSA) is 99.2 Å². The van der Waals surface area contributed by atoms with E-state index in [9.17, 15) is 10.1 Å². The van der Waals surface area contributed by atoms with Gasteiger partial charge in [-0.05, 0) is 34.2 Å². The fraction of sp³-hybridized carbons (Fsp3) is 0.278. The lowest BCUT2D eigenvalue weighted by atomic mass is 10.0. The Balaban J connectivity index is 1.82. The van der Waals surface area contributed by atoms with Gasteiger partial charge in [0.1, 0.15) is 0 Å². The van der Waals surface area contributed by atoms with Gasteiger partial charge in [0, 0.05) is 30.2 Å². The maximum atomic E-state index is 11.3. The van der Waals surface area contributed by atoms with E-state index in [1.54, 1.807) is 28.9 Å². The molecule has 0 saturated carbocycles. The van der Waals surface area contributed by atoms with Gasteiger partial charge in [0.25, 0.3) is 5.69 Å². The predicted molar refractivity (Wildman–Crippen MR) is 101 cm³/mol. The molecule has 28 heavy (non-hydrogen) atoms. The van der Waals surface area contributed by atoms with Gasteiger partial charge < -0.3 is 4.74 Å². The number of nitro groups is 1. The van der Waals surface area contributed by atoms with Crippen LogP contribution in [-0.4, -0.2) is 56.3 Å². The minimum absolute atomic E-state index is 0.0255. The second kappa shape index (κ2) is 8.01. The molecule has 2 aromatic carbocycles. The van der Waals surface area contributed by atoms with E-state index in [-0.39, 0.29) is 11.7 Å². The number of nitro benzene ring substituents is 1. The summed E-state index contributed by atoms with van der Waals surface area (Å²) in [6.45, 7) is 2.47. The van der Waals surface area contributed by atoms with Crippen LogP contribution in [0.5, 0.6) is 0 Å². The highest BCUT2D eigenvalue weighted by Crippen LogP contribution is 2.31. The number of ether oxygens (including phenoxy) is 1. The molecule has 0 aliphatic carbocycles. The summed E-state index contributed by atoms with van der Waals surface area (Å²) in [5.41, 5.74) is 1.49. The van der Waals surface area contributed by atoms with Crippen LogP contribution in [0.4, 0.5) is 5.69 Å². The van der Waals surface area contributed by atoms with Gasteiger partial charge in [-0.3, -0.25) is 15.0 Å². The normalized spacial score (nSPS) is 16.0. The van der Waals surface area contributed by atoms with E-state index in [4.69, 9.17) is 16.3 Å². The van der Waals surface area contributed by atoms with Crippen molar-refractivity contribution in [2.45, 2.75) is 6.04 Å². The highest BCUT2D eigenvalue weighted by Gasteiger charge is 2.30. The molecule has 1 saturated heterocycles. The monoisotopic (exact) mass is 400 g/mol. The summed E-state index contributed by atoms with van der Waals surface area (Å²) in [7, 11) is 0. The third-order valence-electron chi connectivity index (χ3n) is 4.60. The zero-order valence-electron chi connectivity index (χ0n) is 14.8. The maximum Gasteiger partial charge on any atom is 0.269 e. The number of tetrazole rings is 1. The molecule has 0 spiro atoms. The van der Waals surface area contributed by atoms with E-state index in [0.717, 1.165) is 11.3 Å². The average Bonchev–Trinajstić information content (AvgIpc) is 3.19. The molecule has 4 rings (SSSR count). The van der Waals surface area contributed by atoms with Gasteiger partial charge >= 0.3 is 0 Å². The van der Waals surface area contributed by atoms with Crippen molar-refractivity contribution >= 4 is 17.3 Å². The Morgan fingerprint density at radius 1 is 1.14 bits per heavy atom.